The van der Waals surface area contributed by atoms with Crippen molar-refractivity contribution in [2.45, 2.75) is 78.2 Å². The highest BCUT2D eigenvalue weighted by atomic mass is 16.3. The van der Waals surface area contributed by atoms with Crippen molar-refractivity contribution in [3.63, 3.8) is 0 Å². The third-order valence-electron chi connectivity index (χ3n) is 8.90. The van der Waals surface area contributed by atoms with Gasteiger partial charge in [-0.3, -0.25) is 9.59 Å². The summed E-state index contributed by atoms with van der Waals surface area (Å²) in [5.74, 6) is 2.78. The molecule has 4 aliphatic carbocycles. The third-order valence-corrected chi connectivity index (χ3v) is 8.90. The first-order valence-corrected chi connectivity index (χ1v) is 9.97. The number of rotatable bonds is 1. The predicted molar refractivity (Wildman–Crippen MR) is 92.3 cm³/mol. The molecule has 0 aromatic rings. The summed E-state index contributed by atoms with van der Waals surface area (Å²) in [6.07, 6.45) is 7.27. The largest absolute Gasteiger partial charge is 0.393 e. The molecule has 0 aromatic carbocycles. The fourth-order valence-corrected chi connectivity index (χ4v) is 7.84. The quantitative estimate of drug-likeness (QED) is 0.795. The Morgan fingerprint density at radius 1 is 1.12 bits per heavy atom. The lowest BCUT2D eigenvalue weighted by Crippen LogP contribution is -2.59. The van der Waals surface area contributed by atoms with E-state index in [0.717, 1.165) is 44.9 Å². The van der Waals surface area contributed by atoms with Crippen molar-refractivity contribution in [2.75, 3.05) is 0 Å². The van der Waals surface area contributed by atoms with E-state index in [-0.39, 0.29) is 22.9 Å². The fourth-order valence-electron chi connectivity index (χ4n) is 7.84. The summed E-state index contributed by atoms with van der Waals surface area (Å²) in [6.45, 7) is 6.36. The van der Waals surface area contributed by atoms with Gasteiger partial charge < -0.3 is 5.11 Å². The molecular formula is C21H32O3. The molecule has 0 unspecified atom stereocenters. The number of aliphatic hydroxyl groups is 1. The van der Waals surface area contributed by atoms with Gasteiger partial charge in [0, 0.05) is 18.8 Å². The van der Waals surface area contributed by atoms with Gasteiger partial charge in [-0.25, -0.2) is 0 Å². The normalized spacial score (nSPS) is 53.9. The molecule has 3 heteroatoms. The molecule has 0 radical (unpaired) electrons. The second-order valence-electron chi connectivity index (χ2n) is 9.84. The highest BCUT2D eigenvalue weighted by molar-refractivity contribution is 5.80. The second kappa shape index (κ2) is 5.40. The molecule has 1 N–H and O–H groups in total. The van der Waals surface area contributed by atoms with E-state index in [4.69, 9.17) is 0 Å². The molecule has 4 aliphatic rings. The third kappa shape index (κ3) is 2.12. The molecular weight excluding hydrogens is 300 g/mol. The summed E-state index contributed by atoms with van der Waals surface area (Å²) in [7, 11) is 0. The monoisotopic (exact) mass is 332 g/mol. The molecule has 3 nitrogen and oxygen atoms in total. The van der Waals surface area contributed by atoms with Gasteiger partial charge in [-0.15, -0.1) is 0 Å². The van der Waals surface area contributed by atoms with Gasteiger partial charge in [-0.1, -0.05) is 13.8 Å². The van der Waals surface area contributed by atoms with Crippen LogP contribution in [0.3, 0.4) is 0 Å². The van der Waals surface area contributed by atoms with Gasteiger partial charge in [-0.05, 0) is 80.0 Å². The van der Waals surface area contributed by atoms with Gasteiger partial charge in [0.2, 0.25) is 0 Å². The van der Waals surface area contributed by atoms with Gasteiger partial charge in [-0.2, -0.15) is 0 Å². The Labute approximate surface area is 145 Å². The number of aliphatic hydroxyl groups excluding tert-OH is 1. The van der Waals surface area contributed by atoms with Crippen LogP contribution in [0.5, 0.6) is 0 Å². The van der Waals surface area contributed by atoms with Gasteiger partial charge in [0.15, 0.2) is 0 Å². The van der Waals surface area contributed by atoms with E-state index in [1.54, 1.807) is 6.92 Å². The molecule has 134 valence electrons. The Morgan fingerprint density at radius 3 is 2.58 bits per heavy atom. The van der Waals surface area contributed by atoms with Crippen LogP contribution in [-0.4, -0.2) is 22.8 Å². The van der Waals surface area contributed by atoms with Crippen molar-refractivity contribution in [1.82, 2.24) is 0 Å². The van der Waals surface area contributed by atoms with Crippen molar-refractivity contribution in [3.8, 4) is 0 Å². The maximum atomic E-state index is 12.2. The molecule has 24 heavy (non-hydrogen) atoms. The van der Waals surface area contributed by atoms with Gasteiger partial charge in [0.1, 0.15) is 11.6 Å². The maximum Gasteiger partial charge on any atom is 0.133 e. The molecule has 0 spiro atoms. The van der Waals surface area contributed by atoms with E-state index in [1.165, 1.54) is 0 Å². The first-order valence-electron chi connectivity index (χ1n) is 9.97. The molecule has 4 rings (SSSR count). The Morgan fingerprint density at radius 2 is 1.88 bits per heavy atom. The average molecular weight is 332 g/mol. The van der Waals surface area contributed by atoms with Crippen LogP contribution >= 0.6 is 0 Å². The molecule has 0 heterocycles. The summed E-state index contributed by atoms with van der Waals surface area (Å²) in [4.78, 5) is 24.1. The molecule has 4 saturated carbocycles. The van der Waals surface area contributed by atoms with E-state index in [2.05, 4.69) is 13.8 Å². The zero-order chi connectivity index (χ0) is 17.3. The Balaban J connectivity index is 1.68. The fraction of sp³-hybridized carbons (Fsp3) is 0.905. The summed E-state index contributed by atoms with van der Waals surface area (Å²) in [6, 6.07) is 0. The number of carbonyl (C=O) groups is 2. The van der Waals surface area contributed by atoms with Crippen molar-refractivity contribution in [2.24, 2.45) is 40.4 Å². The standard InChI is InChI=1S/C21H32O3/c1-12(22)16-6-7-17-15-5-4-13-10-14(23)8-9-20(13,2)19(15)18(24)11-21(16,17)3/h13,15-19,24H,4-11H2,1-3H3/t13-,15+,16+,17+,18+,19-,20+,21-/m1/s1. The lowest BCUT2D eigenvalue weighted by Gasteiger charge is -2.61. The van der Waals surface area contributed by atoms with Crippen LogP contribution in [0.15, 0.2) is 0 Å². The smallest absolute Gasteiger partial charge is 0.133 e. The number of ketones is 2. The average Bonchev–Trinajstić information content (AvgIpc) is 2.84. The Kier molecular flexibility index (Phi) is 3.77. The van der Waals surface area contributed by atoms with E-state index >= 15 is 0 Å². The van der Waals surface area contributed by atoms with Crippen LogP contribution in [0, 0.1) is 40.4 Å². The molecule has 8 atom stereocenters. The Bertz CT molecular complexity index is 569. The first-order chi connectivity index (χ1) is 11.3. The number of hydrogen-bond donors (Lipinski definition) is 1. The number of Topliss-reactive ketones (excluding diaryl/α,β-unsaturated/α-hetero) is 2. The zero-order valence-corrected chi connectivity index (χ0v) is 15.4. The number of fused-ring (bicyclic) bond motifs is 5. The molecule has 0 aromatic heterocycles. The van der Waals surface area contributed by atoms with Crippen molar-refractivity contribution >= 4 is 11.6 Å². The van der Waals surface area contributed by atoms with Crippen molar-refractivity contribution in [1.29, 1.82) is 0 Å². The predicted octanol–water partition coefficient (Wildman–Crippen LogP) is 3.77. The van der Waals surface area contributed by atoms with E-state index < -0.39 is 0 Å². The van der Waals surface area contributed by atoms with Crippen LogP contribution in [0.1, 0.15) is 72.1 Å². The molecule has 0 saturated heterocycles. The minimum absolute atomic E-state index is 0.0138. The second-order valence-corrected chi connectivity index (χ2v) is 9.84. The Hall–Kier alpha value is -0.700. The molecule has 0 amide bonds. The van der Waals surface area contributed by atoms with Crippen LogP contribution < -0.4 is 0 Å². The first kappa shape index (κ1) is 16.8. The van der Waals surface area contributed by atoms with Crippen LogP contribution in [0.25, 0.3) is 0 Å². The van der Waals surface area contributed by atoms with Gasteiger partial charge in [0.25, 0.3) is 0 Å². The minimum atomic E-state index is -0.308. The van der Waals surface area contributed by atoms with Crippen molar-refractivity contribution in [3.05, 3.63) is 0 Å². The minimum Gasteiger partial charge on any atom is -0.393 e. The highest BCUT2D eigenvalue weighted by Crippen LogP contribution is 2.67. The molecule has 4 fully saturated rings. The van der Waals surface area contributed by atoms with E-state index in [0.29, 0.717) is 41.7 Å². The van der Waals surface area contributed by atoms with Crippen LogP contribution in [0.4, 0.5) is 0 Å². The topological polar surface area (TPSA) is 54.4 Å². The number of hydrogen-bond acceptors (Lipinski definition) is 3. The molecule has 0 bridgehead atoms. The summed E-state index contributed by atoms with van der Waals surface area (Å²) < 4.78 is 0. The zero-order valence-electron chi connectivity index (χ0n) is 15.4. The lowest BCUT2D eigenvalue weighted by molar-refractivity contribution is -0.173. The van der Waals surface area contributed by atoms with Crippen LogP contribution in [0.2, 0.25) is 0 Å². The van der Waals surface area contributed by atoms with Crippen LogP contribution in [-0.2, 0) is 9.59 Å². The summed E-state index contributed by atoms with van der Waals surface area (Å²) in [5.41, 5.74) is 0.103. The highest BCUT2D eigenvalue weighted by Gasteiger charge is 2.63. The van der Waals surface area contributed by atoms with Gasteiger partial charge in [0.05, 0.1) is 6.10 Å². The van der Waals surface area contributed by atoms with Crippen molar-refractivity contribution < 1.29 is 14.7 Å². The number of carbonyl (C=O) groups excluding carboxylic acids is 2. The van der Waals surface area contributed by atoms with Gasteiger partial charge >= 0.3 is 0 Å². The maximum absolute atomic E-state index is 12.2. The SMILES string of the molecule is CC(=O)[C@@H]1CC[C@H]2[C@@H]3CC[C@@H]4CC(=O)CC[C@]4(C)[C@H]3[C@@H](O)C[C@]12C. The van der Waals surface area contributed by atoms with E-state index in [9.17, 15) is 14.7 Å². The summed E-state index contributed by atoms with van der Waals surface area (Å²) >= 11 is 0. The lowest BCUT2D eigenvalue weighted by atomic mass is 9.44. The molecule has 0 aliphatic heterocycles. The summed E-state index contributed by atoms with van der Waals surface area (Å²) in [5, 5.41) is 11.2. The van der Waals surface area contributed by atoms with E-state index in [1.807, 2.05) is 0 Å².